The van der Waals surface area contributed by atoms with Crippen LogP contribution in [0.1, 0.15) is 16.7 Å². The monoisotopic (exact) mass is 495 g/mol. The van der Waals surface area contributed by atoms with Gasteiger partial charge < -0.3 is 9.80 Å². The number of halogens is 4. The molecule has 0 atom stereocenters. The number of rotatable bonds is 5. The molecule has 2 aliphatic heterocycles. The highest BCUT2D eigenvalue weighted by molar-refractivity contribution is 6.33. The molecular weight excluding hydrogens is 467 g/mol. The number of carbonyl (C=O) groups is 1. The zero-order valence-electron chi connectivity index (χ0n) is 19.2. The van der Waals surface area contributed by atoms with Gasteiger partial charge in [-0.25, -0.2) is 4.98 Å². The Labute approximate surface area is 202 Å². The van der Waals surface area contributed by atoms with E-state index in [1.54, 1.807) is 0 Å². The highest BCUT2D eigenvalue weighted by atomic mass is 35.5. The predicted octanol–water partition coefficient (Wildman–Crippen LogP) is 3.53. The lowest BCUT2D eigenvalue weighted by Crippen LogP contribution is -2.53. The Balaban J connectivity index is 1.23. The Morgan fingerprint density at radius 3 is 2.26 bits per heavy atom. The third kappa shape index (κ3) is 6.00. The second-order valence-corrected chi connectivity index (χ2v) is 9.28. The minimum atomic E-state index is -4.47. The lowest BCUT2D eigenvalue weighted by atomic mass is 10.1. The predicted molar refractivity (Wildman–Crippen MR) is 126 cm³/mol. The number of carbonyl (C=O) groups excluding carboxylic acids is 1. The molecule has 2 aliphatic rings. The lowest BCUT2D eigenvalue weighted by Gasteiger charge is -2.38. The van der Waals surface area contributed by atoms with Crippen molar-refractivity contribution in [3.63, 3.8) is 0 Å². The number of benzene rings is 1. The van der Waals surface area contributed by atoms with Crippen molar-refractivity contribution in [1.29, 1.82) is 0 Å². The minimum absolute atomic E-state index is 0.0112. The van der Waals surface area contributed by atoms with E-state index in [2.05, 4.69) is 39.9 Å². The molecular formula is C24H29ClF3N5O. The van der Waals surface area contributed by atoms with Gasteiger partial charge in [0.25, 0.3) is 0 Å². The van der Waals surface area contributed by atoms with Gasteiger partial charge in [0.1, 0.15) is 5.82 Å². The normalized spacial score (nSPS) is 18.4. The smallest absolute Gasteiger partial charge is 0.353 e. The molecule has 0 aliphatic carbocycles. The molecule has 1 aromatic carbocycles. The van der Waals surface area contributed by atoms with Crippen LogP contribution in [0.3, 0.4) is 0 Å². The van der Waals surface area contributed by atoms with Crippen LogP contribution in [-0.4, -0.2) is 84.5 Å². The van der Waals surface area contributed by atoms with Crippen molar-refractivity contribution in [3.8, 4) is 0 Å². The molecule has 34 heavy (non-hydrogen) atoms. The van der Waals surface area contributed by atoms with Gasteiger partial charge in [0, 0.05) is 65.1 Å². The summed E-state index contributed by atoms with van der Waals surface area (Å²) in [6.07, 6.45) is -3.66. The summed E-state index contributed by atoms with van der Waals surface area (Å²) in [7, 11) is 0. The van der Waals surface area contributed by atoms with E-state index in [1.165, 1.54) is 11.1 Å². The average molecular weight is 496 g/mol. The Hall–Kier alpha value is -2.36. The van der Waals surface area contributed by atoms with Crippen LogP contribution in [0.2, 0.25) is 5.02 Å². The first-order valence-corrected chi connectivity index (χ1v) is 11.8. The summed E-state index contributed by atoms with van der Waals surface area (Å²) in [5, 5.41) is -0.0112. The van der Waals surface area contributed by atoms with Crippen molar-refractivity contribution in [2.75, 3.05) is 63.8 Å². The summed E-state index contributed by atoms with van der Waals surface area (Å²) in [5.41, 5.74) is 1.75. The first kappa shape index (κ1) is 24.8. The summed E-state index contributed by atoms with van der Waals surface area (Å²) < 4.78 is 38.5. The van der Waals surface area contributed by atoms with Gasteiger partial charge in [-0.05, 0) is 24.1 Å². The standard InChI is InChI=1S/C24H29ClF3N5O/c1-18-4-2-3-5-19(18)16-30-6-10-32(11-7-30)22(34)17-31-8-12-33(13-9-31)23-21(25)14-20(15-29-23)24(26,27)28/h2-5,14-15H,6-13,16-17H2,1H3. The van der Waals surface area contributed by atoms with E-state index in [-0.39, 0.29) is 10.9 Å². The van der Waals surface area contributed by atoms with Gasteiger partial charge in [-0.3, -0.25) is 14.6 Å². The summed E-state index contributed by atoms with van der Waals surface area (Å²) in [6.45, 7) is 8.86. The van der Waals surface area contributed by atoms with Crippen molar-refractivity contribution < 1.29 is 18.0 Å². The van der Waals surface area contributed by atoms with E-state index in [0.717, 1.165) is 45.0 Å². The van der Waals surface area contributed by atoms with Crippen LogP contribution in [0.15, 0.2) is 36.5 Å². The van der Waals surface area contributed by atoms with Crippen molar-refractivity contribution in [2.45, 2.75) is 19.6 Å². The van der Waals surface area contributed by atoms with E-state index in [4.69, 9.17) is 11.6 Å². The Morgan fingerprint density at radius 1 is 1.00 bits per heavy atom. The number of alkyl halides is 3. The molecule has 0 bridgehead atoms. The molecule has 0 unspecified atom stereocenters. The SMILES string of the molecule is Cc1ccccc1CN1CCN(C(=O)CN2CCN(c3ncc(C(F)(F)F)cc3Cl)CC2)CC1. The number of aromatic nitrogens is 1. The molecule has 2 fully saturated rings. The molecule has 0 saturated carbocycles. The van der Waals surface area contributed by atoms with E-state index in [1.807, 2.05) is 15.9 Å². The molecule has 1 amide bonds. The van der Waals surface area contributed by atoms with Crippen LogP contribution in [0.5, 0.6) is 0 Å². The van der Waals surface area contributed by atoms with Crippen LogP contribution in [0.4, 0.5) is 19.0 Å². The van der Waals surface area contributed by atoms with Crippen LogP contribution in [0, 0.1) is 6.92 Å². The molecule has 3 heterocycles. The number of hydrogen-bond donors (Lipinski definition) is 0. The first-order valence-electron chi connectivity index (χ1n) is 11.5. The van der Waals surface area contributed by atoms with E-state index in [9.17, 15) is 18.0 Å². The fraction of sp³-hybridized carbons (Fsp3) is 0.500. The van der Waals surface area contributed by atoms with Gasteiger partial charge in [0.2, 0.25) is 5.91 Å². The number of nitrogens with zero attached hydrogens (tertiary/aromatic N) is 5. The van der Waals surface area contributed by atoms with Gasteiger partial charge in [-0.15, -0.1) is 0 Å². The van der Waals surface area contributed by atoms with Gasteiger partial charge in [-0.2, -0.15) is 13.2 Å². The number of pyridine rings is 1. The molecule has 1 aromatic heterocycles. The molecule has 6 nitrogen and oxygen atoms in total. The molecule has 2 saturated heterocycles. The maximum absolute atomic E-state index is 12.8. The van der Waals surface area contributed by atoms with Crippen LogP contribution in [-0.2, 0) is 17.5 Å². The quantitative estimate of drug-likeness (QED) is 0.635. The van der Waals surface area contributed by atoms with Crippen LogP contribution in [0.25, 0.3) is 0 Å². The largest absolute Gasteiger partial charge is 0.417 e. The second kappa shape index (κ2) is 10.5. The Bertz CT molecular complexity index is 1000. The summed E-state index contributed by atoms with van der Waals surface area (Å²) >= 11 is 6.08. The molecule has 0 radical (unpaired) electrons. The number of aryl methyl sites for hydroxylation is 1. The number of anilines is 1. The van der Waals surface area contributed by atoms with Gasteiger partial charge in [0.05, 0.1) is 17.1 Å². The highest BCUT2D eigenvalue weighted by Crippen LogP contribution is 2.33. The third-order valence-corrected chi connectivity index (χ3v) is 6.84. The van der Waals surface area contributed by atoms with Crippen molar-refractivity contribution in [1.82, 2.24) is 19.7 Å². The molecule has 2 aromatic rings. The number of piperazine rings is 2. The molecule has 4 rings (SSSR count). The molecule has 184 valence electrons. The fourth-order valence-corrected chi connectivity index (χ4v) is 4.70. The van der Waals surface area contributed by atoms with E-state index >= 15 is 0 Å². The molecule has 0 spiro atoms. The van der Waals surface area contributed by atoms with Gasteiger partial charge in [-0.1, -0.05) is 35.9 Å². The van der Waals surface area contributed by atoms with E-state index < -0.39 is 11.7 Å². The van der Waals surface area contributed by atoms with Crippen molar-refractivity contribution in [3.05, 3.63) is 58.2 Å². The topological polar surface area (TPSA) is 42.9 Å². The maximum Gasteiger partial charge on any atom is 0.417 e. The Morgan fingerprint density at radius 2 is 1.65 bits per heavy atom. The summed E-state index contributed by atoms with van der Waals surface area (Å²) in [5.74, 6) is 0.472. The fourth-order valence-electron chi connectivity index (χ4n) is 4.41. The van der Waals surface area contributed by atoms with E-state index in [0.29, 0.717) is 38.5 Å². The van der Waals surface area contributed by atoms with Gasteiger partial charge in [0.15, 0.2) is 0 Å². The number of hydrogen-bond acceptors (Lipinski definition) is 5. The summed E-state index contributed by atoms with van der Waals surface area (Å²) in [4.78, 5) is 25.0. The minimum Gasteiger partial charge on any atom is -0.353 e. The zero-order valence-corrected chi connectivity index (χ0v) is 19.9. The lowest BCUT2D eigenvalue weighted by molar-refractivity contribution is -0.138. The first-order chi connectivity index (χ1) is 16.2. The van der Waals surface area contributed by atoms with Gasteiger partial charge >= 0.3 is 6.18 Å². The zero-order chi connectivity index (χ0) is 24.3. The highest BCUT2D eigenvalue weighted by Gasteiger charge is 2.32. The second-order valence-electron chi connectivity index (χ2n) is 8.87. The number of amides is 1. The van der Waals surface area contributed by atoms with Crippen molar-refractivity contribution >= 4 is 23.3 Å². The van der Waals surface area contributed by atoms with Crippen molar-refractivity contribution in [2.24, 2.45) is 0 Å². The third-order valence-electron chi connectivity index (χ3n) is 6.56. The van der Waals surface area contributed by atoms with Crippen LogP contribution < -0.4 is 4.90 Å². The Kier molecular flexibility index (Phi) is 7.64. The molecule has 0 N–H and O–H groups in total. The molecule has 10 heteroatoms. The summed E-state index contributed by atoms with van der Waals surface area (Å²) in [6, 6.07) is 9.29. The average Bonchev–Trinajstić information content (AvgIpc) is 2.81. The maximum atomic E-state index is 12.8. The van der Waals surface area contributed by atoms with Crippen LogP contribution >= 0.6 is 11.6 Å².